The summed E-state index contributed by atoms with van der Waals surface area (Å²) < 4.78 is 10.8. The van der Waals surface area contributed by atoms with Gasteiger partial charge in [-0.15, -0.1) is 0 Å². The largest absolute Gasteiger partial charge is 0.355 e. The van der Waals surface area contributed by atoms with Gasteiger partial charge in [0.15, 0.2) is 0 Å². The number of likely N-dealkylation sites (tertiary alicyclic amines) is 1. The average molecular weight is 242 g/mol. The Morgan fingerprint density at radius 2 is 2.06 bits per heavy atom. The number of nitrogens with one attached hydrogen (secondary N) is 1. The molecule has 0 bridgehead atoms. The van der Waals surface area contributed by atoms with Crippen LogP contribution < -0.4 is 5.32 Å². The molecule has 2 heterocycles. The van der Waals surface area contributed by atoms with Crippen LogP contribution in [0.4, 0.5) is 0 Å². The van der Waals surface area contributed by atoms with Crippen molar-refractivity contribution in [3.05, 3.63) is 0 Å². The van der Waals surface area contributed by atoms with Gasteiger partial charge >= 0.3 is 0 Å². The summed E-state index contributed by atoms with van der Waals surface area (Å²) >= 11 is 0. The maximum atomic E-state index is 5.60. The number of piperidine rings is 1. The van der Waals surface area contributed by atoms with Crippen LogP contribution in [-0.4, -0.2) is 57.1 Å². The summed E-state index contributed by atoms with van der Waals surface area (Å²) in [5.41, 5.74) is 0. The van der Waals surface area contributed by atoms with Gasteiger partial charge in [-0.05, 0) is 51.4 Å². The van der Waals surface area contributed by atoms with E-state index in [1.165, 1.54) is 32.5 Å². The van der Waals surface area contributed by atoms with Gasteiger partial charge in [-0.25, -0.2) is 0 Å². The number of nitrogens with zero attached hydrogens (tertiary/aromatic N) is 1. The van der Waals surface area contributed by atoms with Gasteiger partial charge in [0.1, 0.15) is 6.79 Å². The Labute approximate surface area is 105 Å². The van der Waals surface area contributed by atoms with Gasteiger partial charge < -0.3 is 19.7 Å². The molecule has 0 aromatic heterocycles. The molecule has 0 spiro atoms. The SMILES string of the molecule is CCNCC1CCN(CC2CCOCO2)CC1. The van der Waals surface area contributed by atoms with E-state index < -0.39 is 0 Å². The molecule has 2 aliphatic rings. The van der Waals surface area contributed by atoms with Crippen LogP contribution in [0.3, 0.4) is 0 Å². The van der Waals surface area contributed by atoms with Gasteiger partial charge in [0.2, 0.25) is 0 Å². The first kappa shape index (κ1) is 13.3. The Kier molecular flexibility index (Phi) is 5.71. The van der Waals surface area contributed by atoms with Gasteiger partial charge in [-0.3, -0.25) is 0 Å². The normalized spacial score (nSPS) is 28.4. The van der Waals surface area contributed by atoms with E-state index in [1.54, 1.807) is 0 Å². The predicted octanol–water partition coefficient (Wildman–Crippen LogP) is 1.07. The van der Waals surface area contributed by atoms with E-state index in [4.69, 9.17) is 9.47 Å². The van der Waals surface area contributed by atoms with E-state index in [-0.39, 0.29) is 0 Å². The summed E-state index contributed by atoms with van der Waals surface area (Å²) in [6, 6.07) is 0. The zero-order valence-corrected chi connectivity index (χ0v) is 11.0. The second kappa shape index (κ2) is 7.31. The molecule has 0 radical (unpaired) electrons. The Balaban J connectivity index is 1.61. The van der Waals surface area contributed by atoms with Crippen molar-refractivity contribution in [3.8, 4) is 0 Å². The molecule has 0 saturated carbocycles. The zero-order chi connectivity index (χ0) is 11.9. The van der Waals surface area contributed by atoms with Gasteiger partial charge in [-0.2, -0.15) is 0 Å². The molecule has 2 aliphatic heterocycles. The van der Waals surface area contributed by atoms with Crippen molar-refractivity contribution in [2.24, 2.45) is 5.92 Å². The third kappa shape index (κ3) is 4.54. The van der Waals surface area contributed by atoms with Crippen LogP contribution >= 0.6 is 0 Å². The van der Waals surface area contributed by atoms with E-state index in [1.807, 2.05) is 0 Å². The molecule has 0 aromatic rings. The Bertz CT molecular complexity index is 200. The molecule has 17 heavy (non-hydrogen) atoms. The number of hydrogen-bond donors (Lipinski definition) is 1. The molecule has 0 amide bonds. The third-order valence-corrected chi connectivity index (χ3v) is 3.82. The lowest BCUT2D eigenvalue weighted by molar-refractivity contribution is -0.145. The molecule has 4 nitrogen and oxygen atoms in total. The molecule has 0 aromatic carbocycles. The maximum absolute atomic E-state index is 5.60. The Morgan fingerprint density at radius 3 is 2.71 bits per heavy atom. The molecule has 2 fully saturated rings. The average Bonchev–Trinajstić information content (AvgIpc) is 2.39. The van der Waals surface area contributed by atoms with Crippen molar-refractivity contribution in [2.45, 2.75) is 32.3 Å². The lowest BCUT2D eigenvalue weighted by atomic mass is 9.96. The van der Waals surface area contributed by atoms with Crippen molar-refractivity contribution in [1.82, 2.24) is 10.2 Å². The summed E-state index contributed by atoms with van der Waals surface area (Å²) in [7, 11) is 0. The summed E-state index contributed by atoms with van der Waals surface area (Å²) in [6.45, 7) is 9.37. The van der Waals surface area contributed by atoms with Crippen LogP contribution in [0.1, 0.15) is 26.2 Å². The first-order valence-corrected chi connectivity index (χ1v) is 7.01. The number of ether oxygens (including phenoxy) is 2. The first-order chi connectivity index (χ1) is 8.38. The minimum absolute atomic E-state index is 0.397. The van der Waals surface area contributed by atoms with E-state index in [0.717, 1.165) is 32.0 Å². The topological polar surface area (TPSA) is 33.7 Å². The molecule has 0 aliphatic carbocycles. The first-order valence-electron chi connectivity index (χ1n) is 7.01. The van der Waals surface area contributed by atoms with Gasteiger partial charge in [0, 0.05) is 6.54 Å². The summed E-state index contributed by atoms with van der Waals surface area (Å²) in [4.78, 5) is 2.55. The van der Waals surface area contributed by atoms with Gasteiger partial charge in [0.05, 0.1) is 12.7 Å². The van der Waals surface area contributed by atoms with Crippen molar-refractivity contribution in [2.75, 3.05) is 46.1 Å². The lowest BCUT2D eigenvalue weighted by Crippen LogP contribution is -2.43. The quantitative estimate of drug-likeness (QED) is 0.782. The highest BCUT2D eigenvalue weighted by atomic mass is 16.7. The fourth-order valence-corrected chi connectivity index (χ4v) is 2.65. The van der Waals surface area contributed by atoms with Gasteiger partial charge in [-0.1, -0.05) is 6.92 Å². The van der Waals surface area contributed by atoms with Crippen molar-refractivity contribution < 1.29 is 9.47 Å². The fraction of sp³-hybridized carbons (Fsp3) is 1.00. The second-order valence-corrected chi connectivity index (χ2v) is 5.16. The maximum Gasteiger partial charge on any atom is 0.147 e. The van der Waals surface area contributed by atoms with E-state index in [2.05, 4.69) is 17.1 Å². The van der Waals surface area contributed by atoms with Crippen molar-refractivity contribution >= 4 is 0 Å². The molecular formula is C13H26N2O2. The highest BCUT2D eigenvalue weighted by Crippen LogP contribution is 2.18. The van der Waals surface area contributed by atoms with Crippen LogP contribution in [0.5, 0.6) is 0 Å². The third-order valence-electron chi connectivity index (χ3n) is 3.82. The second-order valence-electron chi connectivity index (χ2n) is 5.16. The van der Waals surface area contributed by atoms with E-state index >= 15 is 0 Å². The molecule has 4 heteroatoms. The summed E-state index contributed by atoms with van der Waals surface area (Å²) in [6.07, 6.45) is 4.11. The minimum atomic E-state index is 0.397. The van der Waals surface area contributed by atoms with Crippen molar-refractivity contribution in [1.29, 1.82) is 0 Å². The van der Waals surface area contributed by atoms with E-state index in [9.17, 15) is 0 Å². The van der Waals surface area contributed by atoms with Gasteiger partial charge in [0.25, 0.3) is 0 Å². The smallest absolute Gasteiger partial charge is 0.147 e. The highest BCUT2D eigenvalue weighted by molar-refractivity contribution is 4.76. The molecule has 1 unspecified atom stereocenters. The number of rotatable bonds is 5. The number of hydrogen-bond acceptors (Lipinski definition) is 4. The molecule has 2 rings (SSSR count). The Hall–Kier alpha value is -0.160. The highest BCUT2D eigenvalue weighted by Gasteiger charge is 2.22. The van der Waals surface area contributed by atoms with Crippen LogP contribution in [0.25, 0.3) is 0 Å². The molecule has 1 atom stereocenters. The monoisotopic (exact) mass is 242 g/mol. The van der Waals surface area contributed by atoms with Crippen LogP contribution in [0.15, 0.2) is 0 Å². The zero-order valence-electron chi connectivity index (χ0n) is 11.0. The molecular weight excluding hydrogens is 216 g/mol. The molecule has 1 N–H and O–H groups in total. The fourth-order valence-electron chi connectivity index (χ4n) is 2.65. The van der Waals surface area contributed by atoms with Crippen LogP contribution in [-0.2, 0) is 9.47 Å². The molecule has 2 saturated heterocycles. The minimum Gasteiger partial charge on any atom is -0.355 e. The standard InChI is InChI=1S/C13H26N2O2/c1-2-14-9-12-3-6-15(7-4-12)10-13-5-8-16-11-17-13/h12-14H,2-11H2,1H3. The lowest BCUT2D eigenvalue weighted by Gasteiger charge is -2.35. The van der Waals surface area contributed by atoms with Crippen LogP contribution in [0, 0.1) is 5.92 Å². The summed E-state index contributed by atoms with van der Waals surface area (Å²) in [5, 5.41) is 3.45. The van der Waals surface area contributed by atoms with Crippen molar-refractivity contribution in [3.63, 3.8) is 0 Å². The predicted molar refractivity (Wildman–Crippen MR) is 68.0 cm³/mol. The Morgan fingerprint density at radius 1 is 1.24 bits per heavy atom. The van der Waals surface area contributed by atoms with E-state index in [0.29, 0.717) is 12.9 Å². The summed E-state index contributed by atoms with van der Waals surface area (Å²) in [5.74, 6) is 0.877. The molecule has 100 valence electrons. The van der Waals surface area contributed by atoms with Crippen LogP contribution in [0.2, 0.25) is 0 Å².